The van der Waals surface area contributed by atoms with E-state index in [1.165, 1.54) is 5.57 Å². The first-order chi connectivity index (χ1) is 9.70. The van der Waals surface area contributed by atoms with Gasteiger partial charge in [0.15, 0.2) is 0 Å². The Bertz CT molecular complexity index is 371. The molecule has 1 unspecified atom stereocenters. The molecule has 1 atom stereocenters. The minimum absolute atomic E-state index is 0.153. The molecule has 0 bridgehead atoms. The van der Waals surface area contributed by atoms with Gasteiger partial charge in [-0.2, -0.15) is 11.8 Å². The smallest absolute Gasteiger partial charge is 0.410 e. The lowest BCUT2D eigenvalue weighted by Gasteiger charge is -2.28. The van der Waals surface area contributed by atoms with Gasteiger partial charge in [-0.3, -0.25) is 0 Å². The number of carbonyl (C=O) groups excluding carboxylic acids is 1. The van der Waals surface area contributed by atoms with E-state index < -0.39 is 5.60 Å². The topological polar surface area (TPSA) is 29.5 Å². The first-order valence-electron chi connectivity index (χ1n) is 7.94. The molecular formula is C17H31NO2S. The second-order valence-electron chi connectivity index (χ2n) is 7.11. The van der Waals surface area contributed by atoms with Crippen molar-refractivity contribution in [2.45, 2.75) is 66.0 Å². The number of likely N-dealkylation sites (tertiary alicyclic amines) is 1. The van der Waals surface area contributed by atoms with Crippen molar-refractivity contribution in [3.63, 3.8) is 0 Å². The first-order valence-corrected chi connectivity index (χ1v) is 9.10. The summed E-state index contributed by atoms with van der Waals surface area (Å²) in [5.74, 6) is 2.65. The number of carbonyl (C=O) groups is 1. The molecule has 1 heterocycles. The highest BCUT2D eigenvalue weighted by Gasteiger charge is 2.31. The third-order valence-corrected chi connectivity index (χ3v) is 4.77. The van der Waals surface area contributed by atoms with Crippen LogP contribution in [0.4, 0.5) is 4.79 Å². The molecule has 21 heavy (non-hydrogen) atoms. The molecule has 3 nitrogen and oxygen atoms in total. The second-order valence-corrected chi connectivity index (χ2v) is 8.19. The standard InChI is InChI=1S/C17H31NO2S/c1-13(2)14(3)9-11-21-12-15-8-7-10-18(15)16(19)20-17(4,5)6/h9,13,15H,7-8,10-12H2,1-6H3/b14-9+. The van der Waals surface area contributed by atoms with Crippen LogP contribution in [0.3, 0.4) is 0 Å². The van der Waals surface area contributed by atoms with Crippen LogP contribution in [0.15, 0.2) is 11.6 Å². The lowest BCUT2D eigenvalue weighted by atomic mass is 10.1. The van der Waals surface area contributed by atoms with E-state index in [0.29, 0.717) is 12.0 Å². The Morgan fingerprint density at radius 3 is 2.67 bits per heavy atom. The number of hydrogen-bond donors (Lipinski definition) is 0. The largest absolute Gasteiger partial charge is 0.444 e. The maximum atomic E-state index is 12.2. The summed E-state index contributed by atoms with van der Waals surface area (Å²) >= 11 is 1.91. The summed E-state index contributed by atoms with van der Waals surface area (Å²) in [5, 5.41) is 0. The zero-order valence-electron chi connectivity index (χ0n) is 14.4. The molecular weight excluding hydrogens is 282 g/mol. The number of nitrogens with zero attached hydrogens (tertiary/aromatic N) is 1. The molecule has 1 fully saturated rings. The molecule has 0 saturated carbocycles. The summed E-state index contributed by atoms with van der Waals surface area (Å²) < 4.78 is 5.49. The van der Waals surface area contributed by atoms with E-state index in [2.05, 4.69) is 26.8 Å². The molecule has 0 aromatic heterocycles. The monoisotopic (exact) mass is 313 g/mol. The minimum atomic E-state index is -0.408. The van der Waals surface area contributed by atoms with Gasteiger partial charge in [0.25, 0.3) is 0 Å². The molecule has 1 rings (SSSR count). The highest BCUT2D eigenvalue weighted by Crippen LogP contribution is 2.24. The van der Waals surface area contributed by atoms with Gasteiger partial charge in [0, 0.05) is 24.1 Å². The highest BCUT2D eigenvalue weighted by atomic mass is 32.2. The van der Waals surface area contributed by atoms with E-state index in [-0.39, 0.29) is 6.09 Å². The van der Waals surface area contributed by atoms with Gasteiger partial charge in [0.2, 0.25) is 0 Å². The Kier molecular flexibility index (Phi) is 7.11. The predicted molar refractivity (Wildman–Crippen MR) is 91.9 cm³/mol. The number of amides is 1. The third kappa shape index (κ3) is 6.77. The summed E-state index contributed by atoms with van der Waals surface area (Å²) in [4.78, 5) is 14.1. The van der Waals surface area contributed by atoms with Crippen molar-refractivity contribution in [1.82, 2.24) is 4.90 Å². The highest BCUT2D eigenvalue weighted by molar-refractivity contribution is 7.99. The fraction of sp³-hybridized carbons (Fsp3) is 0.824. The van der Waals surface area contributed by atoms with Crippen molar-refractivity contribution in [1.29, 1.82) is 0 Å². The number of ether oxygens (including phenoxy) is 1. The van der Waals surface area contributed by atoms with Crippen molar-refractivity contribution in [2.24, 2.45) is 5.92 Å². The first kappa shape index (κ1) is 18.4. The molecule has 0 radical (unpaired) electrons. The Morgan fingerprint density at radius 1 is 1.43 bits per heavy atom. The molecule has 1 saturated heterocycles. The van der Waals surface area contributed by atoms with Gasteiger partial charge in [-0.15, -0.1) is 0 Å². The zero-order chi connectivity index (χ0) is 16.0. The molecule has 1 amide bonds. The van der Waals surface area contributed by atoms with Crippen molar-refractivity contribution in [3.8, 4) is 0 Å². The van der Waals surface area contributed by atoms with Gasteiger partial charge in [0.05, 0.1) is 0 Å². The molecule has 0 aromatic carbocycles. The number of thioether (sulfide) groups is 1. The quantitative estimate of drug-likeness (QED) is 0.543. The van der Waals surface area contributed by atoms with Crippen LogP contribution in [-0.2, 0) is 4.74 Å². The lowest BCUT2D eigenvalue weighted by Crippen LogP contribution is -2.40. The fourth-order valence-corrected chi connectivity index (χ4v) is 3.34. The number of rotatable bonds is 5. The van der Waals surface area contributed by atoms with Crippen molar-refractivity contribution in [3.05, 3.63) is 11.6 Å². The molecule has 4 heteroatoms. The molecule has 0 aliphatic carbocycles. The Labute approximate surface area is 134 Å². The predicted octanol–water partition coefficient (Wildman–Crippen LogP) is 4.72. The minimum Gasteiger partial charge on any atom is -0.444 e. The molecule has 0 spiro atoms. The summed E-state index contributed by atoms with van der Waals surface area (Å²) in [6.07, 6.45) is 4.34. The van der Waals surface area contributed by atoms with Gasteiger partial charge in [-0.05, 0) is 46.5 Å². The van der Waals surface area contributed by atoms with Crippen LogP contribution in [0, 0.1) is 5.92 Å². The van der Waals surface area contributed by atoms with Crippen molar-refractivity contribution in [2.75, 3.05) is 18.1 Å². The molecule has 0 aromatic rings. The SMILES string of the molecule is C/C(=C\CSCC1CCCN1C(=O)OC(C)(C)C)C(C)C. The zero-order valence-corrected chi connectivity index (χ0v) is 15.3. The second kappa shape index (κ2) is 8.11. The van der Waals surface area contributed by atoms with Crippen LogP contribution in [0.25, 0.3) is 0 Å². The maximum Gasteiger partial charge on any atom is 0.410 e. The van der Waals surface area contributed by atoms with Crippen LogP contribution in [0.2, 0.25) is 0 Å². The van der Waals surface area contributed by atoms with Gasteiger partial charge in [-0.1, -0.05) is 25.5 Å². The van der Waals surface area contributed by atoms with E-state index in [1.54, 1.807) is 0 Å². The van der Waals surface area contributed by atoms with Gasteiger partial charge in [-0.25, -0.2) is 4.79 Å². The molecule has 1 aliphatic heterocycles. The van der Waals surface area contributed by atoms with E-state index in [0.717, 1.165) is 30.9 Å². The molecule has 122 valence electrons. The summed E-state index contributed by atoms with van der Waals surface area (Å²) in [6, 6.07) is 0.331. The Balaban J connectivity index is 2.40. The van der Waals surface area contributed by atoms with Crippen LogP contribution < -0.4 is 0 Å². The van der Waals surface area contributed by atoms with E-state index in [1.807, 2.05) is 37.4 Å². The van der Waals surface area contributed by atoms with E-state index in [9.17, 15) is 4.79 Å². The van der Waals surface area contributed by atoms with E-state index in [4.69, 9.17) is 4.74 Å². The number of allylic oxidation sites excluding steroid dienone is 1. The van der Waals surface area contributed by atoms with Gasteiger partial charge < -0.3 is 9.64 Å². The van der Waals surface area contributed by atoms with Crippen LogP contribution >= 0.6 is 11.8 Å². The molecule has 1 aliphatic rings. The van der Waals surface area contributed by atoms with Crippen molar-refractivity contribution < 1.29 is 9.53 Å². The number of hydrogen-bond acceptors (Lipinski definition) is 3. The Morgan fingerprint density at radius 2 is 2.10 bits per heavy atom. The summed E-state index contributed by atoms with van der Waals surface area (Å²) in [6.45, 7) is 13.2. The third-order valence-electron chi connectivity index (χ3n) is 3.75. The average molecular weight is 314 g/mol. The maximum absolute atomic E-state index is 12.2. The van der Waals surface area contributed by atoms with Gasteiger partial charge in [0.1, 0.15) is 5.60 Å². The normalized spacial score (nSPS) is 20.2. The summed E-state index contributed by atoms with van der Waals surface area (Å²) in [5.41, 5.74) is 1.03. The van der Waals surface area contributed by atoms with Crippen molar-refractivity contribution >= 4 is 17.9 Å². The van der Waals surface area contributed by atoms with Gasteiger partial charge >= 0.3 is 6.09 Å². The molecule has 0 N–H and O–H groups in total. The van der Waals surface area contributed by atoms with E-state index >= 15 is 0 Å². The fourth-order valence-electron chi connectivity index (χ4n) is 2.20. The van der Waals surface area contributed by atoms with Crippen LogP contribution in [0.5, 0.6) is 0 Å². The average Bonchev–Trinajstić information content (AvgIpc) is 2.80. The summed E-state index contributed by atoms with van der Waals surface area (Å²) in [7, 11) is 0. The lowest BCUT2D eigenvalue weighted by molar-refractivity contribution is 0.0242. The van der Waals surface area contributed by atoms with Crippen LogP contribution in [-0.4, -0.2) is 40.7 Å². The van der Waals surface area contributed by atoms with Crippen LogP contribution in [0.1, 0.15) is 54.4 Å². The Hall–Kier alpha value is -0.640.